The summed E-state index contributed by atoms with van der Waals surface area (Å²) in [6, 6.07) is 18.4. The summed E-state index contributed by atoms with van der Waals surface area (Å²) in [5.41, 5.74) is -0.0996. The van der Waals surface area contributed by atoms with Gasteiger partial charge in [-0.05, 0) is 38.5 Å². The number of nitrogens with zero attached hydrogens (tertiary/aromatic N) is 1. The summed E-state index contributed by atoms with van der Waals surface area (Å²) in [6.45, 7) is 4.53. The molecule has 0 radical (unpaired) electrons. The molecule has 0 bridgehead atoms. The van der Waals surface area contributed by atoms with Crippen molar-refractivity contribution in [2.75, 3.05) is 7.11 Å². The summed E-state index contributed by atoms with van der Waals surface area (Å²) < 4.78 is 67.7. The lowest BCUT2D eigenvalue weighted by molar-refractivity contribution is -0.170. The van der Waals surface area contributed by atoms with Crippen LogP contribution in [0, 0.1) is 5.82 Å². The lowest BCUT2D eigenvalue weighted by Crippen LogP contribution is -2.51. The second-order valence-corrected chi connectivity index (χ2v) is 9.57. The number of ether oxygens (including phenoxy) is 2. The molecular weight excluding hydrogens is 516 g/mol. The Balaban J connectivity index is 2.06. The molecule has 0 saturated heterocycles. The van der Waals surface area contributed by atoms with E-state index in [4.69, 9.17) is 4.74 Å². The molecule has 206 valence electrons. The number of carbonyl (C=O) groups is 2. The molecule has 3 aromatic rings. The van der Waals surface area contributed by atoms with E-state index in [1.54, 1.807) is 48.5 Å². The third kappa shape index (κ3) is 7.89. The van der Waals surface area contributed by atoms with Crippen LogP contribution in [-0.4, -0.2) is 42.7 Å². The third-order valence-electron chi connectivity index (χ3n) is 5.47. The topological polar surface area (TPSA) is 77.0 Å². The Morgan fingerprint density at radius 1 is 0.872 bits per heavy atom. The third-order valence-corrected chi connectivity index (χ3v) is 5.47. The Hall–Kier alpha value is -4.21. The Kier molecular flexibility index (Phi) is 9.11. The molecule has 3 aromatic carbocycles. The van der Waals surface area contributed by atoms with Crippen LogP contribution >= 0.6 is 0 Å². The number of aliphatic imine (C=N–C) groups is 1. The van der Waals surface area contributed by atoms with Gasteiger partial charge in [-0.3, -0.25) is 0 Å². The summed E-state index contributed by atoms with van der Waals surface area (Å²) >= 11 is 0. The largest absolute Gasteiger partial charge is 0.467 e. The van der Waals surface area contributed by atoms with Crippen LogP contribution in [0.3, 0.4) is 0 Å². The van der Waals surface area contributed by atoms with Crippen molar-refractivity contribution >= 4 is 23.5 Å². The Bertz CT molecular complexity index is 1280. The highest BCUT2D eigenvalue weighted by atomic mass is 19.4. The average molecular weight is 545 g/mol. The van der Waals surface area contributed by atoms with Crippen molar-refractivity contribution in [2.45, 2.75) is 44.5 Å². The fourth-order valence-corrected chi connectivity index (χ4v) is 3.83. The van der Waals surface area contributed by atoms with Crippen LogP contribution in [-0.2, 0) is 14.3 Å². The monoisotopic (exact) mass is 544 g/mol. The van der Waals surface area contributed by atoms with Crippen molar-refractivity contribution < 1.29 is 36.6 Å². The zero-order valence-corrected chi connectivity index (χ0v) is 21.8. The molecule has 6 nitrogen and oxygen atoms in total. The Labute approximate surface area is 223 Å². The highest BCUT2D eigenvalue weighted by Gasteiger charge is 2.50. The van der Waals surface area contributed by atoms with Crippen molar-refractivity contribution in [3.8, 4) is 0 Å². The maximum absolute atomic E-state index is 15.3. The first-order valence-corrected chi connectivity index (χ1v) is 11.9. The molecule has 0 spiro atoms. The van der Waals surface area contributed by atoms with Gasteiger partial charge in [-0.15, -0.1) is 0 Å². The van der Waals surface area contributed by atoms with Crippen LogP contribution in [0.25, 0.3) is 0 Å². The number of esters is 1. The molecule has 0 aromatic heterocycles. The predicted molar refractivity (Wildman–Crippen MR) is 139 cm³/mol. The van der Waals surface area contributed by atoms with E-state index in [1.807, 2.05) is 17.4 Å². The fraction of sp³-hybridized carbons (Fsp3) is 0.276. The van der Waals surface area contributed by atoms with Crippen LogP contribution in [0.1, 0.15) is 43.4 Å². The minimum Gasteiger partial charge on any atom is -0.467 e. The molecule has 3 rings (SSSR count). The lowest BCUT2D eigenvalue weighted by atomic mass is 9.90. The first-order chi connectivity index (χ1) is 18.3. The van der Waals surface area contributed by atoms with Gasteiger partial charge >= 0.3 is 18.2 Å². The number of halogens is 4. The molecule has 2 unspecified atom stereocenters. The van der Waals surface area contributed by atoms with Crippen molar-refractivity contribution in [1.82, 2.24) is 5.32 Å². The number of amides is 1. The predicted octanol–water partition coefficient (Wildman–Crippen LogP) is 6.71. The van der Waals surface area contributed by atoms with Gasteiger partial charge in [-0.2, -0.15) is 13.2 Å². The van der Waals surface area contributed by atoms with E-state index in [9.17, 15) is 22.8 Å². The number of carbonyl (C=O) groups excluding carboxylic acids is 2. The van der Waals surface area contributed by atoms with E-state index >= 15 is 4.39 Å². The zero-order chi connectivity index (χ0) is 28.8. The maximum atomic E-state index is 15.3. The second-order valence-electron chi connectivity index (χ2n) is 9.57. The summed E-state index contributed by atoms with van der Waals surface area (Å²) in [5, 5.41) is 1.93. The SMILES string of the molecule is COC(=O)C(NC(=O)OC(C)(C)C)C(c1ccc(N=C(c2ccccc2)c2ccccc2)c(F)c1)C(F)(F)F. The van der Waals surface area contributed by atoms with Crippen molar-refractivity contribution in [3.05, 3.63) is 101 Å². The number of benzene rings is 3. The van der Waals surface area contributed by atoms with E-state index in [-0.39, 0.29) is 5.69 Å². The Morgan fingerprint density at radius 2 is 1.41 bits per heavy atom. The van der Waals surface area contributed by atoms with Gasteiger partial charge in [0.05, 0.1) is 18.5 Å². The van der Waals surface area contributed by atoms with Gasteiger partial charge in [0, 0.05) is 11.1 Å². The number of alkyl carbamates (subject to hydrolysis) is 1. The average Bonchev–Trinajstić information content (AvgIpc) is 2.86. The van der Waals surface area contributed by atoms with Crippen molar-refractivity contribution in [3.63, 3.8) is 0 Å². The van der Waals surface area contributed by atoms with Crippen LogP contribution in [0.2, 0.25) is 0 Å². The molecule has 0 aliphatic rings. The molecule has 0 heterocycles. The standard InChI is InChI=1S/C29H28F4N2O4/c1-28(2,3)39-27(37)35-25(26(36)38-4)23(29(31,32)33)20-15-16-22(21(30)17-20)34-24(18-11-7-5-8-12-18)19-13-9-6-10-14-19/h5-17,23,25H,1-4H3,(H,35,37). The maximum Gasteiger partial charge on any atom is 0.408 e. The van der Waals surface area contributed by atoms with Crippen LogP contribution in [0.15, 0.2) is 83.9 Å². The van der Waals surface area contributed by atoms with E-state index in [1.165, 1.54) is 20.8 Å². The van der Waals surface area contributed by atoms with E-state index < -0.39 is 47.2 Å². The van der Waals surface area contributed by atoms with Crippen LogP contribution in [0.5, 0.6) is 0 Å². The molecule has 1 N–H and O–H groups in total. The zero-order valence-electron chi connectivity index (χ0n) is 21.8. The van der Waals surface area contributed by atoms with Gasteiger partial charge in [-0.25, -0.2) is 19.0 Å². The van der Waals surface area contributed by atoms with Crippen LogP contribution in [0.4, 0.5) is 28.0 Å². The van der Waals surface area contributed by atoms with Crippen molar-refractivity contribution in [1.29, 1.82) is 0 Å². The summed E-state index contributed by atoms with van der Waals surface area (Å²) in [7, 11) is 0.882. The number of hydrogen-bond acceptors (Lipinski definition) is 5. The first kappa shape index (κ1) is 29.3. The first-order valence-electron chi connectivity index (χ1n) is 11.9. The number of hydrogen-bond donors (Lipinski definition) is 1. The molecule has 0 aliphatic carbocycles. The fourth-order valence-electron chi connectivity index (χ4n) is 3.83. The smallest absolute Gasteiger partial charge is 0.408 e. The van der Waals surface area contributed by atoms with E-state index in [2.05, 4.69) is 9.73 Å². The van der Waals surface area contributed by atoms with Gasteiger partial charge in [0.25, 0.3) is 0 Å². The minimum absolute atomic E-state index is 0.211. The number of rotatable bonds is 7. The molecule has 39 heavy (non-hydrogen) atoms. The van der Waals surface area contributed by atoms with Gasteiger partial charge in [0.15, 0.2) is 0 Å². The Morgan fingerprint density at radius 3 is 1.85 bits per heavy atom. The van der Waals surface area contributed by atoms with Crippen LogP contribution < -0.4 is 5.32 Å². The summed E-state index contributed by atoms with van der Waals surface area (Å²) in [5.74, 6) is -5.05. The molecule has 2 atom stereocenters. The molecule has 1 amide bonds. The molecule has 0 fully saturated rings. The molecular formula is C29H28F4N2O4. The number of alkyl halides is 3. The van der Waals surface area contributed by atoms with Gasteiger partial charge in [-0.1, -0.05) is 66.7 Å². The minimum atomic E-state index is -5.07. The highest BCUT2D eigenvalue weighted by molar-refractivity contribution is 6.13. The van der Waals surface area contributed by atoms with Gasteiger partial charge in [0.1, 0.15) is 23.4 Å². The molecule has 10 heteroatoms. The van der Waals surface area contributed by atoms with Gasteiger partial charge < -0.3 is 14.8 Å². The normalized spacial score (nSPS) is 13.1. The molecule has 0 aliphatic heterocycles. The number of nitrogens with one attached hydrogen (secondary N) is 1. The highest BCUT2D eigenvalue weighted by Crippen LogP contribution is 2.39. The second kappa shape index (κ2) is 12.1. The molecule has 0 saturated carbocycles. The lowest BCUT2D eigenvalue weighted by Gasteiger charge is -2.29. The van der Waals surface area contributed by atoms with E-state index in [0.717, 1.165) is 19.2 Å². The van der Waals surface area contributed by atoms with Crippen molar-refractivity contribution in [2.24, 2.45) is 4.99 Å². The summed E-state index contributed by atoms with van der Waals surface area (Å²) in [4.78, 5) is 29.1. The summed E-state index contributed by atoms with van der Waals surface area (Å²) in [6.07, 6.45) is -6.33. The van der Waals surface area contributed by atoms with Gasteiger partial charge in [0.2, 0.25) is 0 Å². The van der Waals surface area contributed by atoms with E-state index in [0.29, 0.717) is 22.9 Å². The quantitative estimate of drug-likeness (QED) is 0.204. The number of methoxy groups -OCH3 is 1.